The molecule has 0 fully saturated rings. The minimum absolute atomic E-state index is 0.0631. The van der Waals surface area contributed by atoms with Crippen LogP contribution in [-0.2, 0) is 6.18 Å². The average Bonchev–Trinajstić information content (AvgIpc) is 2.68. The van der Waals surface area contributed by atoms with Crippen molar-refractivity contribution in [3.8, 4) is 11.5 Å². The van der Waals surface area contributed by atoms with Gasteiger partial charge < -0.3 is 4.74 Å². The highest BCUT2D eigenvalue weighted by molar-refractivity contribution is 6.32. The Morgan fingerprint density at radius 3 is 2.35 bits per heavy atom. The van der Waals surface area contributed by atoms with Gasteiger partial charge >= 0.3 is 11.9 Å². The Morgan fingerprint density at radius 2 is 1.74 bits per heavy atom. The molecule has 0 aliphatic rings. The second-order valence-corrected chi connectivity index (χ2v) is 7.18. The fraction of sp³-hybridized carbons (Fsp3) is 0.136. The summed E-state index contributed by atoms with van der Waals surface area (Å²) in [6.07, 6.45) is -3.11. The van der Waals surface area contributed by atoms with Gasteiger partial charge in [0.1, 0.15) is 5.75 Å². The van der Waals surface area contributed by atoms with E-state index in [1.54, 1.807) is 18.3 Å². The molecule has 0 atom stereocenters. The zero-order valence-corrected chi connectivity index (χ0v) is 17.2. The van der Waals surface area contributed by atoms with Gasteiger partial charge in [-0.2, -0.15) is 13.2 Å². The number of halogens is 4. The Kier molecular flexibility index (Phi) is 6.31. The molecule has 160 valence electrons. The summed E-state index contributed by atoms with van der Waals surface area (Å²) in [5, 5.41) is 11.3. The van der Waals surface area contributed by atoms with E-state index in [9.17, 15) is 23.3 Å². The highest BCUT2D eigenvalue weighted by Crippen LogP contribution is 2.39. The van der Waals surface area contributed by atoms with Crippen molar-refractivity contribution in [1.82, 2.24) is 0 Å². The lowest BCUT2D eigenvalue weighted by Gasteiger charge is -2.11. The third-order valence-electron chi connectivity index (χ3n) is 4.36. The molecule has 0 aliphatic heterocycles. The third kappa shape index (κ3) is 5.40. The van der Waals surface area contributed by atoms with Crippen LogP contribution in [0.3, 0.4) is 0 Å². The summed E-state index contributed by atoms with van der Waals surface area (Å²) >= 11 is 6.21. The molecule has 0 amide bonds. The van der Waals surface area contributed by atoms with Crippen LogP contribution >= 0.6 is 11.6 Å². The van der Waals surface area contributed by atoms with Gasteiger partial charge in [0.15, 0.2) is 0 Å². The molecular weight excluding hydrogens is 433 g/mol. The topological polar surface area (TPSA) is 64.7 Å². The minimum Gasteiger partial charge on any atom is -0.449 e. The molecule has 0 unspecified atom stereocenters. The SMILES string of the molecule is Cc1ccc(N=Cc2ccc(Oc3ccc(C(F)(F)F)cc3[N+](=O)[O-])c(Cl)c2)c(C)c1. The highest BCUT2D eigenvalue weighted by Gasteiger charge is 2.33. The second kappa shape index (κ2) is 8.77. The molecule has 0 saturated heterocycles. The van der Waals surface area contributed by atoms with Crippen LogP contribution in [0.2, 0.25) is 5.02 Å². The Morgan fingerprint density at radius 1 is 1.03 bits per heavy atom. The Labute approximate surface area is 180 Å². The molecule has 0 heterocycles. The first kappa shape index (κ1) is 22.3. The molecule has 3 aromatic rings. The van der Waals surface area contributed by atoms with Crippen molar-refractivity contribution >= 4 is 29.2 Å². The lowest BCUT2D eigenvalue weighted by molar-refractivity contribution is -0.385. The molecule has 0 aliphatic carbocycles. The fourth-order valence-corrected chi connectivity index (χ4v) is 3.04. The van der Waals surface area contributed by atoms with E-state index in [4.69, 9.17) is 16.3 Å². The third-order valence-corrected chi connectivity index (χ3v) is 4.66. The second-order valence-electron chi connectivity index (χ2n) is 6.78. The number of alkyl halides is 3. The molecule has 0 spiro atoms. The van der Waals surface area contributed by atoms with Gasteiger partial charge in [0.05, 0.1) is 21.2 Å². The summed E-state index contributed by atoms with van der Waals surface area (Å²) in [4.78, 5) is 14.7. The lowest BCUT2D eigenvalue weighted by atomic mass is 10.1. The number of rotatable bonds is 5. The van der Waals surface area contributed by atoms with Crippen molar-refractivity contribution < 1.29 is 22.8 Å². The highest BCUT2D eigenvalue weighted by atomic mass is 35.5. The van der Waals surface area contributed by atoms with Crippen molar-refractivity contribution in [2.24, 2.45) is 4.99 Å². The Bertz CT molecular complexity index is 1180. The standard InChI is InChI=1S/C22H16ClF3N2O3/c1-13-3-6-18(14(2)9-13)27-12-15-4-7-20(17(23)10-15)31-21-8-5-16(22(24,25)26)11-19(21)28(29)30/h3-12H,1-2H3. The number of hydrogen-bond acceptors (Lipinski definition) is 4. The predicted molar refractivity (Wildman–Crippen MR) is 113 cm³/mol. The first-order chi connectivity index (χ1) is 14.5. The minimum atomic E-state index is -4.71. The zero-order chi connectivity index (χ0) is 22.8. The van der Waals surface area contributed by atoms with Gasteiger partial charge in [0, 0.05) is 12.3 Å². The van der Waals surface area contributed by atoms with Gasteiger partial charge in [0.2, 0.25) is 5.75 Å². The van der Waals surface area contributed by atoms with Gasteiger partial charge in [-0.15, -0.1) is 0 Å². The molecule has 0 saturated carbocycles. The van der Waals surface area contributed by atoms with Crippen LogP contribution in [0, 0.1) is 24.0 Å². The monoisotopic (exact) mass is 448 g/mol. The van der Waals surface area contributed by atoms with Gasteiger partial charge in [-0.05, 0) is 61.4 Å². The van der Waals surface area contributed by atoms with Crippen LogP contribution in [0.4, 0.5) is 24.5 Å². The van der Waals surface area contributed by atoms with Gasteiger partial charge in [-0.25, -0.2) is 0 Å². The number of benzene rings is 3. The number of aryl methyl sites for hydroxylation is 2. The van der Waals surface area contributed by atoms with E-state index < -0.39 is 22.4 Å². The smallest absolute Gasteiger partial charge is 0.416 e. The number of nitrogens with zero attached hydrogens (tertiary/aromatic N) is 2. The maximum atomic E-state index is 12.8. The number of aliphatic imine (C=N–C) groups is 1. The van der Waals surface area contributed by atoms with Gasteiger partial charge in [-0.3, -0.25) is 15.1 Å². The van der Waals surface area contributed by atoms with E-state index in [-0.39, 0.29) is 16.5 Å². The van der Waals surface area contributed by atoms with E-state index in [0.717, 1.165) is 22.9 Å². The van der Waals surface area contributed by atoms with Crippen LogP contribution < -0.4 is 4.74 Å². The normalized spacial score (nSPS) is 11.7. The largest absolute Gasteiger partial charge is 0.449 e. The van der Waals surface area contributed by atoms with Crippen LogP contribution in [0.15, 0.2) is 59.6 Å². The summed E-state index contributed by atoms with van der Waals surface area (Å²) in [7, 11) is 0. The van der Waals surface area contributed by atoms with E-state index >= 15 is 0 Å². The maximum Gasteiger partial charge on any atom is 0.416 e. The van der Waals surface area contributed by atoms with E-state index in [2.05, 4.69) is 4.99 Å². The van der Waals surface area contributed by atoms with Crippen LogP contribution in [0.1, 0.15) is 22.3 Å². The molecule has 0 N–H and O–H groups in total. The fourth-order valence-electron chi connectivity index (χ4n) is 2.82. The molecule has 0 radical (unpaired) electrons. The molecule has 0 bridgehead atoms. The summed E-state index contributed by atoms with van der Waals surface area (Å²) in [6.45, 7) is 3.93. The Hall–Kier alpha value is -3.39. The average molecular weight is 449 g/mol. The molecule has 31 heavy (non-hydrogen) atoms. The van der Waals surface area contributed by atoms with Crippen molar-refractivity contribution in [2.45, 2.75) is 20.0 Å². The summed E-state index contributed by atoms with van der Waals surface area (Å²) < 4.78 is 44.0. The first-order valence-corrected chi connectivity index (χ1v) is 9.37. The van der Waals surface area contributed by atoms with Crippen molar-refractivity contribution in [3.63, 3.8) is 0 Å². The van der Waals surface area contributed by atoms with Crippen LogP contribution in [0.25, 0.3) is 0 Å². The lowest BCUT2D eigenvalue weighted by Crippen LogP contribution is -2.06. The van der Waals surface area contributed by atoms with Crippen LogP contribution in [-0.4, -0.2) is 11.1 Å². The molecule has 5 nitrogen and oxygen atoms in total. The van der Waals surface area contributed by atoms with Crippen molar-refractivity contribution in [1.29, 1.82) is 0 Å². The first-order valence-electron chi connectivity index (χ1n) is 8.99. The van der Waals surface area contributed by atoms with E-state index in [0.29, 0.717) is 17.7 Å². The summed E-state index contributed by atoms with van der Waals surface area (Å²) in [5.41, 5.74) is 1.62. The van der Waals surface area contributed by atoms with Gasteiger partial charge in [-0.1, -0.05) is 29.3 Å². The molecule has 0 aromatic heterocycles. The van der Waals surface area contributed by atoms with Gasteiger partial charge in [0.25, 0.3) is 0 Å². The molecule has 3 aromatic carbocycles. The summed E-state index contributed by atoms with van der Waals surface area (Å²) in [6, 6.07) is 12.5. The summed E-state index contributed by atoms with van der Waals surface area (Å²) in [5.74, 6) is -0.287. The quantitative estimate of drug-likeness (QED) is 0.231. The number of nitro groups is 1. The maximum absolute atomic E-state index is 12.8. The zero-order valence-electron chi connectivity index (χ0n) is 16.4. The molecule has 9 heteroatoms. The van der Waals surface area contributed by atoms with E-state index in [1.165, 1.54) is 6.07 Å². The van der Waals surface area contributed by atoms with Crippen molar-refractivity contribution in [2.75, 3.05) is 0 Å². The number of ether oxygens (including phenoxy) is 1. The van der Waals surface area contributed by atoms with Crippen LogP contribution in [0.5, 0.6) is 11.5 Å². The number of hydrogen-bond donors (Lipinski definition) is 0. The molecular formula is C22H16ClF3N2O3. The Balaban J connectivity index is 1.85. The number of nitro benzene ring substituents is 1. The van der Waals surface area contributed by atoms with E-state index in [1.807, 2.05) is 32.0 Å². The van der Waals surface area contributed by atoms with Crippen molar-refractivity contribution in [3.05, 3.63) is 92.0 Å². The molecule has 3 rings (SSSR count). The predicted octanol–water partition coefficient (Wildman–Crippen LogP) is 7.43.